The van der Waals surface area contributed by atoms with Gasteiger partial charge in [0.25, 0.3) is 0 Å². The van der Waals surface area contributed by atoms with Gasteiger partial charge in [0.05, 0.1) is 28.8 Å². The number of rotatable bonds is 15. The van der Waals surface area contributed by atoms with Crippen molar-refractivity contribution in [1.82, 2.24) is 21.3 Å². The summed E-state index contributed by atoms with van der Waals surface area (Å²) in [6.07, 6.45) is 2.79. The summed E-state index contributed by atoms with van der Waals surface area (Å²) in [6, 6.07) is 2.61. The highest BCUT2D eigenvalue weighted by molar-refractivity contribution is 6.33. The number of carbonyl (C=O) groups is 5. The van der Waals surface area contributed by atoms with Crippen LogP contribution in [0.25, 0.3) is 0 Å². The molecule has 14 heteroatoms. The van der Waals surface area contributed by atoms with E-state index in [0.717, 1.165) is 24.3 Å². The smallest absolute Gasteiger partial charge is 0.242 e. The Morgan fingerprint density at radius 1 is 0.976 bits per heavy atom. The zero-order chi connectivity index (χ0) is 30.7. The van der Waals surface area contributed by atoms with Crippen LogP contribution in [0.5, 0.6) is 0 Å². The van der Waals surface area contributed by atoms with Crippen LogP contribution in [-0.2, 0) is 24.0 Å². The summed E-state index contributed by atoms with van der Waals surface area (Å²) in [6.45, 7) is 5.92. The fourth-order valence-electron chi connectivity index (χ4n) is 3.93. The zero-order valence-corrected chi connectivity index (χ0v) is 24.2. The second-order valence-corrected chi connectivity index (χ2v) is 10.4. The molecular formula is C27H40ClN7O6. The van der Waals surface area contributed by atoms with E-state index >= 15 is 0 Å². The van der Waals surface area contributed by atoms with Crippen molar-refractivity contribution < 1.29 is 29.1 Å². The monoisotopic (exact) mass is 593 g/mol. The predicted molar refractivity (Wildman–Crippen MR) is 155 cm³/mol. The van der Waals surface area contributed by atoms with Crippen molar-refractivity contribution in [2.24, 2.45) is 11.5 Å². The van der Waals surface area contributed by atoms with Crippen LogP contribution in [0.2, 0.25) is 5.02 Å². The number of primary amides is 1. The second-order valence-electron chi connectivity index (χ2n) is 10.0. The van der Waals surface area contributed by atoms with Crippen molar-refractivity contribution in [3.8, 4) is 0 Å². The van der Waals surface area contributed by atoms with E-state index in [9.17, 15) is 29.1 Å². The molecule has 1 aliphatic heterocycles. The summed E-state index contributed by atoms with van der Waals surface area (Å²) in [4.78, 5) is 62.5. The van der Waals surface area contributed by atoms with E-state index in [-0.39, 0.29) is 31.8 Å². The second kappa shape index (κ2) is 15.9. The van der Waals surface area contributed by atoms with E-state index in [2.05, 4.69) is 38.3 Å². The first-order valence-electron chi connectivity index (χ1n) is 13.4. The maximum absolute atomic E-state index is 12.6. The van der Waals surface area contributed by atoms with Crippen LogP contribution in [0.1, 0.15) is 45.1 Å². The Morgan fingerprint density at radius 3 is 2.15 bits per heavy atom. The lowest BCUT2D eigenvalue weighted by Gasteiger charge is -2.21. The number of nitrogens with one attached hydrogen (secondary N) is 4. The van der Waals surface area contributed by atoms with Crippen LogP contribution >= 0.6 is 11.6 Å². The molecule has 1 aliphatic rings. The summed E-state index contributed by atoms with van der Waals surface area (Å²) in [7, 11) is 0. The van der Waals surface area contributed by atoms with Gasteiger partial charge in [-0.25, -0.2) is 0 Å². The summed E-state index contributed by atoms with van der Waals surface area (Å²) < 4.78 is 0. The van der Waals surface area contributed by atoms with Crippen molar-refractivity contribution in [2.75, 3.05) is 31.1 Å². The molecule has 5 amide bonds. The van der Waals surface area contributed by atoms with E-state index < -0.39 is 53.8 Å². The number of aliphatic hydroxyl groups excluding tert-OH is 1. The van der Waals surface area contributed by atoms with E-state index in [1.807, 2.05) is 12.1 Å². The topological polar surface area (TPSA) is 209 Å². The van der Waals surface area contributed by atoms with Crippen molar-refractivity contribution in [1.29, 1.82) is 0 Å². The highest BCUT2D eigenvalue weighted by atomic mass is 35.5. The predicted octanol–water partition coefficient (Wildman–Crippen LogP) is -0.985. The Morgan fingerprint density at radius 2 is 1.59 bits per heavy atom. The Hall–Kier alpha value is -3.68. The highest BCUT2D eigenvalue weighted by Gasteiger charge is 2.23. The molecule has 0 bridgehead atoms. The van der Waals surface area contributed by atoms with Crippen molar-refractivity contribution in [2.45, 2.75) is 63.8 Å². The van der Waals surface area contributed by atoms with Gasteiger partial charge < -0.3 is 42.7 Å². The standard InChI is InChI=1S/C27H40ClN7O6/c1-15(18-6-8-22(20(28)12-18)35-10-4-5-11-35)25(39)31-13-19(36)14-32-27(41)17(3)33-23(37)9-7-21(24(30)38)34-26(40)16(2)29/h4-6,8,12,15-17,19,21,36H,7,9-11,13-14,29H2,1-3H3,(H2,30,38)(H,31,39)(H,32,41)(H,33,37)(H,34,40)/t15?,16-,17-,19?,21+/m0/s1. The van der Waals surface area contributed by atoms with Gasteiger partial charge in [-0.15, -0.1) is 0 Å². The van der Waals surface area contributed by atoms with Crippen LogP contribution in [0.4, 0.5) is 5.69 Å². The molecule has 5 atom stereocenters. The molecule has 1 aromatic carbocycles. The molecule has 0 fully saturated rings. The minimum absolute atomic E-state index is 0.0723. The molecule has 0 aliphatic carbocycles. The molecule has 2 rings (SSSR count). The number of nitrogens with two attached hydrogens (primary N) is 2. The average molecular weight is 594 g/mol. The number of nitrogens with zero attached hydrogens (tertiary/aromatic N) is 1. The number of amides is 5. The first-order chi connectivity index (χ1) is 19.3. The van der Waals surface area contributed by atoms with Gasteiger partial charge in [0.2, 0.25) is 29.5 Å². The van der Waals surface area contributed by atoms with E-state index in [1.54, 1.807) is 13.0 Å². The molecule has 0 spiro atoms. The molecule has 41 heavy (non-hydrogen) atoms. The van der Waals surface area contributed by atoms with Gasteiger partial charge in [0.15, 0.2) is 0 Å². The van der Waals surface area contributed by atoms with Crippen LogP contribution < -0.4 is 37.6 Å². The van der Waals surface area contributed by atoms with E-state index in [0.29, 0.717) is 5.02 Å². The molecule has 2 unspecified atom stereocenters. The number of benzene rings is 1. The summed E-state index contributed by atoms with van der Waals surface area (Å²) >= 11 is 6.44. The lowest BCUT2D eigenvalue weighted by Crippen LogP contribution is -2.50. The van der Waals surface area contributed by atoms with Crippen LogP contribution in [0.15, 0.2) is 30.4 Å². The Balaban J connectivity index is 1.72. The lowest BCUT2D eigenvalue weighted by atomic mass is 9.99. The molecule has 0 saturated carbocycles. The largest absolute Gasteiger partial charge is 0.389 e. The van der Waals surface area contributed by atoms with Crippen LogP contribution in [-0.4, -0.2) is 85.1 Å². The molecule has 0 radical (unpaired) electrons. The molecule has 226 valence electrons. The van der Waals surface area contributed by atoms with Crippen molar-refractivity contribution >= 4 is 46.8 Å². The number of hydrogen-bond donors (Lipinski definition) is 7. The zero-order valence-electron chi connectivity index (χ0n) is 23.5. The summed E-state index contributed by atoms with van der Waals surface area (Å²) in [5.41, 5.74) is 12.3. The van der Waals surface area contributed by atoms with Crippen LogP contribution in [0, 0.1) is 0 Å². The van der Waals surface area contributed by atoms with Gasteiger partial charge in [-0.1, -0.05) is 29.8 Å². The molecule has 0 saturated heterocycles. The third kappa shape index (κ3) is 10.7. The van der Waals surface area contributed by atoms with Crippen molar-refractivity contribution in [3.63, 3.8) is 0 Å². The van der Waals surface area contributed by atoms with Crippen LogP contribution in [0.3, 0.4) is 0 Å². The van der Waals surface area contributed by atoms with Gasteiger partial charge in [-0.2, -0.15) is 0 Å². The molecule has 9 N–H and O–H groups in total. The molecule has 1 heterocycles. The Labute approximate surface area is 244 Å². The number of halogens is 1. The molecule has 0 aromatic heterocycles. The normalized spacial score (nSPS) is 16.2. The SMILES string of the molecule is CC(C(=O)NCC(O)CNC(=O)[C@H](C)NC(=O)CC[C@@H](NC(=O)[C@H](C)N)C(N)=O)c1ccc(N2CC=CC2)c(Cl)c1. The summed E-state index contributed by atoms with van der Waals surface area (Å²) in [5.74, 6) is -3.33. The quantitative estimate of drug-likeness (QED) is 0.125. The van der Waals surface area contributed by atoms with Gasteiger partial charge in [0.1, 0.15) is 12.1 Å². The Bertz CT molecular complexity index is 1140. The maximum atomic E-state index is 12.6. The fourth-order valence-corrected chi connectivity index (χ4v) is 4.24. The first-order valence-corrected chi connectivity index (χ1v) is 13.7. The molecule has 1 aromatic rings. The highest BCUT2D eigenvalue weighted by Crippen LogP contribution is 2.30. The third-order valence-electron chi connectivity index (χ3n) is 6.55. The molecule has 13 nitrogen and oxygen atoms in total. The Kier molecular flexibility index (Phi) is 13.0. The van der Waals surface area contributed by atoms with Crippen molar-refractivity contribution in [3.05, 3.63) is 40.9 Å². The van der Waals surface area contributed by atoms with Gasteiger partial charge in [-0.05, 0) is 44.9 Å². The minimum Gasteiger partial charge on any atom is -0.389 e. The maximum Gasteiger partial charge on any atom is 0.242 e. The number of carbonyl (C=O) groups excluding carboxylic acids is 5. The van der Waals surface area contributed by atoms with Gasteiger partial charge in [-0.3, -0.25) is 24.0 Å². The average Bonchev–Trinajstić information content (AvgIpc) is 3.46. The number of hydrogen-bond acceptors (Lipinski definition) is 8. The van der Waals surface area contributed by atoms with Gasteiger partial charge in [0, 0.05) is 32.6 Å². The molecular weight excluding hydrogens is 554 g/mol. The lowest BCUT2D eigenvalue weighted by molar-refractivity contribution is -0.130. The third-order valence-corrected chi connectivity index (χ3v) is 6.85. The summed E-state index contributed by atoms with van der Waals surface area (Å²) in [5, 5.41) is 20.8. The first kappa shape index (κ1) is 33.5. The van der Waals surface area contributed by atoms with E-state index in [1.165, 1.54) is 13.8 Å². The number of aliphatic hydroxyl groups is 1. The van der Waals surface area contributed by atoms with E-state index in [4.69, 9.17) is 23.1 Å². The number of anilines is 1. The minimum atomic E-state index is -1.08. The van der Waals surface area contributed by atoms with Gasteiger partial charge >= 0.3 is 0 Å². The fraction of sp³-hybridized carbons (Fsp3) is 0.519.